The minimum absolute atomic E-state index is 0.0121. The summed E-state index contributed by atoms with van der Waals surface area (Å²) in [6.07, 6.45) is 0. The second kappa shape index (κ2) is 3.60. The highest BCUT2D eigenvalue weighted by Crippen LogP contribution is 2.04. The largest absolute Gasteiger partial charge is 0.351 e. The maximum absolute atomic E-state index is 10.5. The number of primary amides is 1. The van der Waals surface area contributed by atoms with Crippen molar-refractivity contribution in [2.24, 2.45) is 21.5 Å². The number of amides is 2. The molecule has 2 amide bonds. The molecule has 1 rings (SSSR count). The van der Waals surface area contributed by atoms with E-state index in [2.05, 4.69) is 20.6 Å². The number of nitrogens with zero attached hydrogens (tertiary/aromatic N) is 2. The molecule has 0 aromatic carbocycles. The summed E-state index contributed by atoms with van der Waals surface area (Å²) in [5.41, 5.74) is 10.5. The Kier molecular flexibility index (Phi) is 2.68. The van der Waals surface area contributed by atoms with Crippen LogP contribution in [0.4, 0.5) is 4.79 Å². The Morgan fingerprint density at radius 3 is 2.86 bits per heavy atom. The van der Waals surface area contributed by atoms with E-state index >= 15 is 0 Å². The average Bonchev–Trinajstić information content (AvgIpc) is 2.01. The zero-order chi connectivity index (χ0) is 10.8. The van der Waals surface area contributed by atoms with Crippen LogP contribution >= 0.6 is 0 Å². The van der Waals surface area contributed by atoms with Gasteiger partial charge >= 0.3 is 12.0 Å². The van der Waals surface area contributed by atoms with Crippen LogP contribution in [0.15, 0.2) is 9.98 Å². The summed E-state index contributed by atoms with van der Waals surface area (Å²) in [5, 5.41) is 4.87. The van der Waals surface area contributed by atoms with Crippen LogP contribution in [-0.2, 0) is 4.74 Å². The molecule has 8 heteroatoms. The Balaban J connectivity index is 2.87. The normalized spacial score (nSPS) is 25.9. The van der Waals surface area contributed by atoms with Gasteiger partial charge in [-0.1, -0.05) is 0 Å². The van der Waals surface area contributed by atoms with Crippen LogP contribution in [-0.4, -0.2) is 30.9 Å². The zero-order valence-electron chi connectivity index (χ0n) is 7.87. The second-order valence-electron chi connectivity index (χ2n) is 2.65. The zero-order valence-corrected chi connectivity index (χ0v) is 7.87. The van der Waals surface area contributed by atoms with E-state index in [0.717, 1.165) is 0 Å². The molecule has 0 aromatic heterocycles. The molecule has 0 spiro atoms. The second-order valence-corrected chi connectivity index (χ2v) is 2.65. The minimum atomic E-state index is -1.41. The third-order valence-electron chi connectivity index (χ3n) is 1.45. The molecule has 14 heavy (non-hydrogen) atoms. The molecule has 1 atom stereocenters. The molecular weight excluding hydrogens is 188 g/mol. The van der Waals surface area contributed by atoms with Crippen molar-refractivity contribution >= 4 is 17.8 Å². The fourth-order valence-corrected chi connectivity index (χ4v) is 0.919. The van der Waals surface area contributed by atoms with Gasteiger partial charge in [0.15, 0.2) is 0 Å². The Morgan fingerprint density at radius 1 is 1.71 bits per heavy atom. The highest BCUT2D eigenvalue weighted by molar-refractivity contribution is 6.03. The maximum atomic E-state index is 10.5. The first-order valence-electron chi connectivity index (χ1n) is 3.79. The van der Waals surface area contributed by atoms with Gasteiger partial charge in [-0.15, -0.1) is 0 Å². The number of guanidine groups is 1. The van der Waals surface area contributed by atoms with Gasteiger partial charge in [0.2, 0.25) is 5.96 Å². The topological polar surface area (TPSA) is 127 Å². The average molecular weight is 200 g/mol. The lowest BCUT2D eigenvalue weighted by Crippen LogP contribution is -2.59. The smallest absolute Gasteiger partial charge is 0.318 e. The molecule has 1 aliphatic heterocycles. The van der Waals surface area contributed by atoms with Gasteiger partial charge in [-0.25, -0.2) is 9.79 Å². The van der Waals surface area contributed by atoms with Gasteiger partial charge in [0, 0.05) is 7.11 Å². The van der Waals surface area contributed by atoms with Gasteiger partial charge in [0.25, 0.3) is 0 Å². The van der Waals surface area contributed by atoms with Gasteiger partial charge < -0.3 is 15.8 Å². The van der Waals surface area contributed by atoms with Crippen molar-refractivity contribution < 1.29 is 9.53 Å². The quantitative estimate of drug-likeness (QED) is 0.374. The molecule has 0 saturated heterocycles. The number of urea groups is 1. The lowest BCUT2D eigenvalue weighted by atomic mass is 10.5. The van der Waals surface area contributed by atoms with Crippen molar-refractivity contribution in [1.29, 1.82) is 0 Å². The molecule has 0 radical (unpaired) electrons. The third kappa shape index (κ3) is 2.41. The molecule has 8 nitrogen and oxygen atoms in total. The van der Waals surface area contributed by atoms with Gasteiger partial charge in [-0.3, -0.25) is 11.1 Å². The third-order valence-corrected chi connectivity index (χ3v) is 1.45. The first-order valence-corrected chi connectivity index (χ1v) is 3.79. The van der Waals surface area contributed by atoms with Crippen molar-refractivity contribution in [3.8, 4) is 0 Å². The van der Waals surface area contributed by atoms with Crippen LogP contribution in [0.1, 0.15) is 6.92 Å². The van der Waals surface area contributed by atoms with E-state index in [0.29, 0.717) is 5.84 Å². The van der Waals surface area contributed by atoms with E-state index < -0.39 is 12.0 Å². The van der Waals surface area contributed by atoms with Crippen molar-refractivity contribution in [3.05, 3.63) is 0 Å². The molecule has 78 valence electrons. The predicted molar refractivity (Wildman–Crippen MR) is 50.3 cm³/mol. The number of amidine groups is 1. The van der Waals surface area contributed by atoms with Crippen LogP contribution in [0, 0.1) is 0 Å². The number of hydrogen-bond acceptors (Lipinski definition) is 6. The minimum Gasteiger partial charge on any atom is -0.351 e. The number of rotatable bonds is 1. The fraction of sp³-hybridized carbons (Fsp3) is 0.500. The molecule has 0 fully saturated rings. The Morgan fingerprint density at radius 2 is 2.36 bits per heavy atom. The van der Waals surface area contributed by atoms with Crippen molar-refractivity contribution in [1.82, 2.24) is 10.6 Å². The van der Waals surface area contributed by atoms with Crippen LogP contribution in [0.25, 0.3) is 0 Å². The van der Waals surface area contributed by atoms with Gasteiger partial charge in [0.1, 0.15) is 5.84 Å². The van der Waals surface area contributed by atoms with E-state index in [1.807, 2.05) is 0 Å². The summed E-state index contributed by atoms with van der Waals surface area (Å²) in [7, 11) is 1.37. The molecule has 1 heterocycles. The number of hydrogen-bond donors (Lipinski definition) is 4. The molecule has 6 N–H and O–H groups in total. The standard InChI is InChI=1S/C6H12N6O2/c1-3-9-5(10-4(7)13)12-6(8,11-3)14-2/h8H2,1-2H3,(H4,7,9,10,11,12,13). The number of nitrogens with one attached hydrogen (secondary N) is 2. The number of carbonyl (C=O) groups is 1. The maximum Gasteiger partial charge on any atom is 0.318 e. The summed E-state index contributed by atoms with van der Waals surface area (Å²) < 4.78 is 4.87. The molecule has 0 saturated carbocycles. The summed E-state index contributed by atoms with van der Waals surface area (Å²) in [5.74, 6) is -0.935. The number of methoxy groups -OCH3 is 1. The lowest BCUT2D eigenvalue weighted by Gasteiger charge is -2.28. The van der Waals surface area contributed by atoms with Crippen molar-refractivity contribution in [3.63, 3.8) is 0 Å². The van der Waals surface area contributed by atoms with Gasteiger partial charge in [-0.2, -0.15) is 4.99 Å². The van der Waals surface area contributed by atoms with Crippen LogP contribution in [0.5, 0.6) is 0 Å². The Bertz CT molecular complexity index is 311. The fourth-order valence-electron chi connectivity index (χ4n) is 0.919. The van der Waals surface area contributed by atoms with Crippen molar-refractivity contribution in [2.75, 3.05) is 7.11 Å². The molecular formula is C6H12N6O2. The highest BCUT2D eigenvalue weighted by Gasteiger charge is 2.28. The van der Waals surface area contributed by atoms with E-state index in [4.69, 9.17) is 16.2 Å². The van der Waals surface area contributed by atoms with E-state index in [1.165, 1.54) is 7.11 Å². The summed E-state index contributed by atoms with van der Waals surface area (Å²) >= 11 is 0. The number of nitrogens with two attached hydrogens (primary N) is 2. The molecule has 1 aliphatic rings. The van der Waals surface area contributed by atoms with Crippen molar-refractivity contribution in [2.45, 2.75) is 12.9 Å². The highest BCUT2D eigenvalue weighted by atomic mass is 16.5. The summed E-state index contributed by atoms with van der Waals surface area (Å²) in [4.78, 5) is 18.2. The SMILES string of the molecule is COC1(N)N=C(NC(N)=O)N=C(C)N1. The van der Waals surface area contributed by atoms with E-state index in [9.17, 15) is 4.79 Å². The number of ether oxygens (including phenoxy) is 1. The molecule has 0 aromatic rings. The van der Waals surface area contributed by atoms with Crippen LogP contribution in [0.2, 0.25) is 0 Å². The first kappa shape index (κ1) is 10.4. The van der Waals surface area contributed by atoms with Crippen LogP contribution in [0.3, 0.4) is 0 Å². The molecule has 0 aliphatic carbocycles. The van der Waals surface area contributed by atoms with E-state index in [1.54, 1.807) is 6.92 Å². The number of aliphatic imine (C=N–C) groups is 2. The van der Waals surface area contributed by atoms with Gasteiger partial charge in [0.05, 0.1) is 0 Å². The number of carbonyl (C=O) groups excluding carboxylic acids is 1. The summed E-state index contributed by atoms with van der Waals surface area (Å²) in [6, 6.07) is -0.763. The van der Waals surface area contributed by atoms with Gasteiger partial charge in [-0.05, 0) is 6.92 Å². The lowest BCUT2D eigenvalue weighted by molar-refractivity contribution is -0.0118. The molecule has 0 bridgehead atoms. The van der Waals surface area contributed by atoms with E-state index in [-0.39, 0.29) is 5.96 Å². The Labute approximate surface area is 80.4 Å². The first-order chi connectivity index (χ1) is 6.45. The predicted octanol–water partition coefficient (Wildman–Crippen LogP) is -1.75. The summed E-state index contributed by atoms with van der Waals surface area (Å²) in [6.45, 7) is 1.65. The molecule has 1 unspecified atom stereocenters. The monoisotopic (exact) mass is 200 g/mol. The van der Waals surface area contributed by atoms with Crippen LogP contribution < -0.4 is 22.1 Å². The Hall–Kier alpha value is -1.67.